The topological polar surface area (TPSA) is 73.3 Å². The van der Waals surface area contributed by atoms with Crippen molar-refractivity contribution < 1.29 is 14.3 Å². The molecule has 3 aromatic rings. The van der Waals surface area contributed by atoms with Gasteiger partial charge in [0.2, 0.25) is 11.0 Å². The van der Waals surface area contributed by atoms with Crippen molar-refractivity contribution in [3.8, 4) is 5.75 Å². The van der Waals surface area contributed by atoms with Crippen molar-refractivity contribution in [3.05, 3.63) is 76.8 Å². The zero-order valence-corrected chi connectivity index (χ0v) is 16.6. The van der Waals surface area contributed by atoms with E-state index < -0.39 is 0 Å². The van der Waals surface area contributed by atoms with Crippen LogP contribution in [-0.2, 0) is 16.1 Å². The number of ether oxygens (including phenoxy) is 2. The summed E-state index contributed by atoms with van der Waals surface area (Å²) in [4.78, 5) is 12.1. The maximum absolute atomic E-state index is 12.1. The molecule has 0 radical (unpaired) electrons. The monoisotopic (exact) mass is 407 g/mol. The van der Waals surface area contributed by atoms with Gasteiger partial charge in [-0.3, -0.25) is 10.1 Å². The Bertz CT molecular complexity index is 964. The highest BCUT2D eigenvalue weighted by atomic mass is 32.1. The number of aromatic nitrogens is 2. The third kappa shape index (κ3) is 5.49. The van der Waals surface area contributed by atoms with E-state index in [2.05, 4.69) is 15.5 Å². The van der Waals surface area contributed by atoms with Crippen molar-refractivity contribution in [2.75, 3.05) is 11.9 Å². The van der Waals surface area contributed by atoms with Gasteiger partial charge in [0.25, 0.3) is 0 Å². The average Bonchev–Trinajstić information content (AvgIpc) is 3.44. The maximum Gasteiger partial charge on any atom is 0.250 e. The molecule has 1 saturated heterocycles. The first-order chi connectivity index (χ1) is 14.3. The molecule has 1 N–H and O–H groups in total. The van der Waals surface area contributed by atoms with Crippen molar-refractivity contribution in [2.24, 2.45) is 0 Å². The van der Waals surface area contributed by atoms with Gasteiger partial charge >= 0.3 is 0 Å². The summed E-state index contributed by atoms with van der Waals surface area (Å²) in [5, 5.41) is 12.2. The van der Waals surface area contributed by atoms with Gasteiger partial charge in [0, 0.05) is 12.7 Å². The fourth-order valence-electron chi connectivity index (χ4n) is 2.92. The minimum Gasteiger partial charge on any atom is -0.489 e. The molecule has 7 heteroatoms. The third-order valence-corrected chi connectivity index (χ3v) is 5.36. The Balaban J connectivity index is 1.27. The summed E-state index contributed by atoms with van der Waals surface area (Å²) < 4.78 is 11.4. The second-order valence-corrected chi connectivity index (χ2v) is 7.62. The summed E-state index contributed by atoms with van der Waals surface area (Å²) in [6.07, 6.45) is 5.22. The van der Waals surface area contributed by atoms with Gasteiger partial charge in [-0.2, -0.15) is 0 Å². The van der Waals surface area contributed by atoms with E-state index in [1.807, 2.05) is 54.6 Å². The summed E-state index contributed by atoms with van der Waals surface area (Å²) >= 11 is 1.36. The molecule has 1 amide bonds. The van der Waals surface area contributed by atoms with E-state index >= 15 is 0 Å². The molecule has 148 valence electrons. The Labute approximate surface area is 173 Å². The molecule has 0 saturated carbocycles. The Morgan fingerprint density at radius 1 is 1.17 bits per heavy atom. The van der Waals surface area contributed by atoms with E-state index in [0.29, 0.717) is 11.7 Å². The molecule has 6 nitrogen and oxygen atoms in total. The lowest BCUT2D eigenvalue weighted by Crippen LogP contribution is -2.07. The van der Waals surface area contributed by atoms with Gasteiger partial charge in [0.1, 0.15) is 23.5 Å². The predicted molar refractivity (Wildman–Crippen MR) is 113 cm³/mol. The molecule has 2 heterocycles. The van der Waals surface area contributed by atoms with Crippen LogP contribution in [-0.4, -0.2) is 22.7 Å². The second-order valence-electron chi connectivity index (χ2n) is 6.61. The van der Waals surface area contributed by atoms with E-state index in [1.54, 1.807) is 6.08 Å². The first-order valence-corrected chi connectivity index (χ1v) is 10.3. The Hall–Kier alpha value is -3.03. The van der Waals surface area contributed by atoms with Crippen LogP contribution in [0.25, 0.3) is 6.08 Å². The van der Waals surface area contributed by atoms with Crippen LogP contribution >= 0.6 is 11.3 Å². The lowest BCUT2D eigenvalue weighted by Gasteiger charge is -2.06. The summed E-state index contributed by atoms with van der Waals surface area (Å²) in [5.74, 6) is 0.537. The largest absolute Gasteiger partial charge is 0.489 e. The average molecular weight is 407 g/mol. The molecule has 1 aliphatic rings. The molecule has 0 bridgehead atoms. The molecule has 1 aromatic heterocycles. The van der Waals surface area contributed by atoms with Gasteiger partial charge < -0.3 is 9.47 Å². The molecule has 1 atom stereocenters. The highest BCUT2D eigenvalue weighted by Gasteiger charge is 2.22. The van der Waals surface area contributed by atoms with Gasteiger partial charge in [-0.25, -0.2) is 0 Å². The normalized spacial score (nSPS) is 16.2. The number of amides is 1. The smallest absolute Gasteiger partial charge is 0.250 e. The lowest BCUT2D eigenvalue weighted by molar-refractivity contribution is -0.111. The van der Waals surface area contributed by atoms with Gasteiger partial charge in [-0.05, 0) is 42.2 Å². The van der Waals surface area contributed by atoms with Crippen LogP contribution in [0.15, 0.2) is 60.7 Å². The quantitative estimate of drug-likeness (QED) is 0.579. The number of benzene rings is 2. The molecular formula is C22H21N3O3S. The number of hydrogen-bond acceptors (Lipinski definition) is 6. The fourth-order valence-corrected chi connectivity index (χ4v) is 3.75. The molecule has 0 aliphatic carbocycles. The van der Waals surface area contributed by atoms with E-state index in [-0.39, 0.29) is 12.0 Å². The lowest BCUT2D eigenvalue weighted by atomic mass is 10.2. The first-order valence-electron chi connectivity index (χ1n) is 9.47. The van der Waals surface area contributed by atoms with E-state index in [4.69, 9.17) is 9.47 Å². The number of nitrogens with one attached hydrogen (secondary N) is 1. The standard InChI is InChI=1S/C22H21N3O3S/c26-20(23-22-25-24-21(29-22)19-7-4-14-27-19)13-10-16-8-11-18(12-9-16)28-15-17-5-2-1-3-6-17/h1-3,5-6,8-13,19H,4,7,14-15H2,(H,23,25,26)/b13-10+/t19-/m0/s1. The minimum atomic E-state index is -0.246. The zero-order chi connectivity index (χ0) is 19.9. The molecule has 0 unspecified atom stereocenters. The van der Waals surface area contributed by atoms with Gasteiger partial charge in [-0.1, -0.05) is 53.8 Å². The highest BCUT2D eigenvalue weighted by molar-refractivity contribution is 7.15. The van der Waals surface area contributed by atoms with Gasteiger partial charge in [0.15, 0.2) is 0 Å². The van der Waals surface area contributed by atoms with Crippen molar-refractivity contribution in [2.45, 2.75) is 25.6 Å². The minimum absolute atomic E-state index is 0.0105. The SMILES string of the molecule is O=C(/C=C/c1ccc(OCc2ccccc2)cc1)Nc1nnc([C@@H]2CCCO2)s1. The van der Waals surface area contributed by atoms with Crippen molar-refractivity contribution in [1.82, 2.24) is 10.2 Å². The second kappa shape index (κ2) is 9.45. The highest BCUT2D eigenvalue weighted by Crippen LogP contribution is 2.31. The summed E-state index contributed by atoms with van der Waals surface area (Å²) in [5.41, 5.74) is 2.02. The Morgan fingerprint density at radius 3 is 2.76 bits per heavy atom. The molecule has 1 fully saturated rings. The third-order valence-electron chi connectivity index (χ3n) is 4.43. The molecule has 0 spiro atoms. The molecule has 2 aromatic carbocycles. The van der Waals surface area contributed by atoms with Crippen LogP contribution in [0, 0.1) is 0 Å². The molecular weight excluding hydrogens is 386 g/mol. The van der Waals surface area contributed by atoms with Crippen LogP contribution in [0.1, 0.15) is 35.1 Å². The van der Waals surface area contributed by atoms with E-state index in [9.17, 15) is 4.79 Å². The number of hydrogen-bond donors (Lipinski definition) is 1. The molecule has 4 rings (SSSR count). The van der Waals surface area contributed by atoms with Gasteiger partial charge in [-0.15, -0.1) is 10.2 Å². The van der Waals surface area contributed by atoms with Crippen LogP contribution in [0.2, 0.25) is 0 Å². The number of nitrogens with zero attached hydrogens (tertiary/aromatic N) is 2. The van der Waals surface area contributed by atoms with Crippen molar-refractivity contribution in [1.29, 1.82) is 0 Å². The van der Waals surface area contributed by atoms with Crippen LogP contribution in [0.5, 0.6) is 5.75 Å². The fraction of sp³-hybridized carbons (Fsp3) is 0.227. The number of carbonyl (C=O) groups excluding carboxylic acids is 1. The summed E-state index contributed by atoms with van der Waals surface area (Å²) in [6.45, 7) is 1.28. The zero-order valence-electron chi connectivity index (χ0n) is 15.8. The van der Waals surface area contributed by atoms with E-state index in [0.717, 1.165) is 41.3 Å². The van der Waals surface area contributed by atoms with Crippen LogP contribution < -0.4 is 10.1 Å². The summed E-state index contributed by atoms with van der Waals surface area (Å²) in [6, 6.07) is 17.6. The number of rotatable bonds is 7. The maximum atomic E-state index is 12.1. The van der Waals surface area contributed by atoms with Crippen LogP contribution in [0.4, 0.5) is 5.13 Å². The molecule has 29 heavy (non-hydrogen) atoms. The molecule has 1 aliphatic heterocycles. The number of carbonyl (C=O) groups is 1. The van der Waals surface area contributed by atoms with E-state index in [1.165, 1.54) is 17.4 Å². The first kappa shape index (κ1) is 19.3. The summed E-state index contributed by atoms with van der Waals surface area (Å²) in [7, 11) is 0. The predicted octanol–water partition coefficient (Wildman–Crippen LogP) is 4.62. The van der Waals surface area contributed by atoms with Crippen molar-refractivity contribution >= 4 is 28.5 Å². The van der Waals surface area contributed by atoms with Crippen LogP contribution in [0.3, 0.4) is 0 Å². The van der Waals surface area contributed by atoms with Gasteiger partial charge in [0.05, 0.1) is 0 Å². The van der Waals surface area contributed by atoms with Crippen molar-refractivity contribution in [3.63, 3.8) is 0 Å². The Kier molecular flexibility index (Phi) is 6.29. The Morgan fingerprint density at radius 2 is 2.00 bits per heavy atom. The number of anilines is 1.